The van der Waals surface area contributed by atoms with Gasteiger partial charge in [-0.1, -0.05) is 133 Å². The predicted molar refractivity (Wildman–Crippen MR) is 135 cm³/mol. The van der Waals surface area contributed by atoms with Gasteiger partial charge < -0.3 is 0 Å². The third-order valence-electron chi connectivity index (χ3n) is 5.36. The highest BCUT2D eigenvalue weighted by Crippen LogP contribution is 2.14. The minimum Gasteiger partial charge on any atom is -0.289 e. The monoisotopic (exact) mass is 414 g/mol. The number of hydrogen-bond acceptors (Lipinski definition) is 1. The van der Waals surface area contributed by atoms with Crippen molar-refractivity contribution >= 4 is 17.9 Å². The summed E-state index contributed by atoms with van der Waals surface area (Å²) in [5.74, 6) is 0.0581. The zero-order chi connectivity index (χ0) is 22.0. The number of hydrogen-bond donors (Lipinski definition) is 0. The minimum absolute atomic E-state index is 0.0581. The molecule has 0 unspecified atom stereocenters. The summed E-state index contributed by atoms with van der Waals surface area (Å²) in [6, 6.07) is 36.3. The Morgan fingerprint density at radius 2 is 0.875 bits per heavy atom. The van der Waals surface area contributed by atoms with E-state index < -0.39 is 0 Å². The van der Waals surface area contributed by atoms with Crippen molar-refractivity contribution in [1.82, 2.24) is 0 Å². The quantitative estimate of drug-likeness (QED) is 0.274. The van der Waals surface area contributed by atoms with Crippen molar-refractivity contribution in [3.05, 3.63) is 155 Å². The molecule has 0 aromatic heterocycles. The van der Waals surface area contributed by atoms with E-state index in [9.17, 15) is 4.79 Å². The van der Waals surface area contributed by atoms with Gasteiger partial charge in [-0.2, -0.15) is 0 Å². The Balaban J connectivity index is 1.33. The number of carbonyl (C=O) groups excluding carboxylic acids is 1. The van der Waals surface area contributed by atoms with E-state index in [1.807, 2.05) is 84.9 Å². The summed E-state index contributed by atoms with van der Waals surface area (Å²) in [4.78, 5) is 12.8. The van der Waals surface area contributed by atoms with Crippen LogP contribution in [0.1, 0.15) is 38.2 Å². The van der Waals surface area contributed by atoms with Gasteiger partial charge in [-0.3, -0.25) is 4.79 Å². The summed E-state index contributed by atoms with van der Waals surface area (Å²) >= 11 is 0. The van der Waals surface area contributed by atoms with Gasteiger partial charge in [0.15, 0.2) is 5.78 Å². The maximum absolute atomic E-state index is 12.8. The maximum Gasteiger partial charge on any atom is 0.193 e. The van der Waals surface area contributed by atoms with Crippen molar-refractivity contribution in [3.8, 4) is 0 Å². The van der Waals surface area contributed by atoms with Crippen LogP contribution in [-0.2, 0) is 12.8 Å². The van der Waals surface area contributed by atoms with Crippen LogP contribution in [0.25, 0.3) is 12.2 Å². The molecule has 0 fully saturated rings. The van der Waals surface area contributed by atoms with Gasteiger partial charge in [-0.25, -0.2) is 0 Å². The summed E-state index contributed by atoms with van der Waals surface area (Å²) in [5.41, 5.74) is 6.20. The maximum atomic E-state index is 12.8. The number of benzene rings is 4. The van der Waals surface area contributed by atoms with Crippen molar-refractivity contribution in [2.45, 2.75) is 12.8 Å². The fourth-order valence-electron chi connectivity index (χ4n) is 3.54. The molecular formula is C31H26O. The van der Waals surface area contributed by atoms with Gasteiger partial charge in [0.1, 0.15) is 0 Å². The lowest BCUT2D eigenvalue weighted by Gasteiger charge is -2.04. The van der Waals surface area contributed by atoms with E-state index in [0.29, 0.717) is 0 Å². The summed E-state index contributed by atoms with van der Waals surface area (Å²) in [6.45, 7) is 0. The van der Waals surface area contributed by atoms with Crippen molar-refractivity contribution in [2.24, 2.45) is 0 Å². The minimum atomic E-state index is 0.0581. The molecule has 4 rings (SSSR count). The molecule has 4 aromatic rings. The first-order valence-electron chi connectivity index (χ1n) is 10.9. The number of allylic oxidation sites excluding steroid dienone is 2. The van der Waals surface area contributed by atoms with Gasteiger partial charge in [0.05, 0.1) is 0 Å². The highest BCUT2D eigenvalue weighted by molar-refractivity contribution is 6.09. The van der Waals surface area contributed by atoms with Crippen molar-refractivity contribution in [1.29, 1.82) is 0 Å². The number of ketones is 1. The second-order valence-electron chi connectivity index (χ2n) is 7.76. The largest absolute Gasteiger partial charge is 0.289 e. The van der Waals surface area contributed by atoms with E-state index in [-0.39, 0.29) is 5.78 Å². The summed E-state index contributed by atoms with van der Waals surface area (Å²) in [5, 5.41) is 0. The van der Waals surface area contributed by atoms with Crippen LogP contribution in [0.5, 0.6) is 0 Å². The molecule has 0 amide bonds. The Hall–Kier alpha value is -3.97. The topological polar surface area (TPSA) is 17.1 Å². The van der Waals surface area contributed by atoms with Crippen molar-refractivity contribution in [2.75, 3.05) is 0 Å². The Bertz CT molecular complexity index is 1090. The molecule has 0 saturated carbocycles. The van der Waals surface area contributed by atoms with Gasteiger partial charge >= 0.3 is 0 Å². The Kier molecular flexibility index (Phi) is 7.23. The van der Waals surface area contributed by atoms with E-state index in [1.165, 1.54) is 22.3 Å². The molecule has 4 aromatic carbocycles. The zero-order valence-corrected chi connectivity index (χ0v) is 18.0. The summed E-state index contributed by atoms with van der Waals surface area (Å²) < 4.78 is 0. The van der Waals surface area contributed by atoms with E-state index in [4.69, 9.17) is 0 Å². The molecule has 0 radical (unpaired) electrons. The Labute approximate surface area is 190 Å². The molecule has 0 spiro atoms. The van der Waals surface area contributed by atoms with E-state index >= 15 is 0 Å². The molecule has 0 aliphatic heterocycles. The number of rotatable bonds is 8. The molecule has 0 heterocycles. The Morgan fingerprint density at radius 3 is 1.25 bits per heavy atom. The molecule has 32 heavy (non-hydrogen) atoms. The molecule has 0 aliphatic rings. The summed E-state index contributed by atoms with van der Waals surface area (Å²) in [7, 11) is 0. The molecule has 0 bridgehead atoms. The second-order valence-corrected chi connectivity index (χ2v) is 7.76. The molecule has 0 saturated heterocycles. The van der Waals surface area contributed by atoms with Gasteiger partial charge in [0, 0.05) is 11.1 Å². The van der Waals surface area contributed by atoms with Crippen LogP contribution in [-0.4, -0.2) is 5.78 Å². The lowest BCUT2D eigenvalue weighted by molar-refractivity contribution is 0.103. The first-order valence-corrected chi connectivity index (χ1v) is 10.9. The molecule has 0 N–H and O–H groups in total. The lowest BCUT2D eigenvalue weighted by atomic mass is 9.99. The molecule has 156 valence electrons. The van der Waals surface area contributed by atoms with Gasteiger partial charge in [0.2, 0.25) is 0 Å². The first-order chi connectivity index (χ1) is 15.8. The fourth-order valence-corrected chi connectivity index (χ4v) is 3.54. The molecule has 0 aliphatic carbocycles. The highest BCUT2D eigenvalue weighted by Gasteiger charge is 2.08. The highest BCUT2D eigenvalue weighted by atomic mass is 16.1. The van der Waals surface area contributed by atoms with E-state index in [2.05, 4.69) is 48.6 Å². The van der Waals surface area contributed by atoms with E-state index in [1.54, 1.807) is 0 Å². The van der Waals surface area contributed by atoms with Crippen LogP contribution in [0.4, 0.5) is 0 Å². The average Bonchev–Trinajstić information content (AvgIpc) is 2.86. The molecule has 1 nitrogen and oxygen atoms in total. The van der Waals surface area contributed by atoms with Crippen LogP contribution in [0.3, 0.4) is 0 Å². The van der Waals surface area contributed by atoms with E-state index in [0.717, 1.165) is 24.0 Å². The normalized spacial score (nSPS) is 11.2. The van der Waals surface area contributed by atoms with Gasteiger partial charge in [-0.15, -0.1) is 0 Å². The van der Waals surface area contributed by atoms with Crippen LogP contribution in [0.15, 0.2) is 121 Å². The average molecular weight is 415 g/mol. The van der Waals surface area contributed by atoms with Crippen LogP contribution in [0, 0.1) is 0 Å². The van der Waals surface area contributed by atoms with Crippen molar-refractivity contribution in [3.63, 3.8) is 0 Å². The van der Waals surface area contributed by atoms with Crippen LogP contribution < -0.4 is 0 Å². The second kappa shape index (κ2) is 10.9. The lowest BCUT2D eigenvalue weighted by Crippen LogP contribution is -2.01. The standard InChI is InChI=1S/C31H26O/c32-31(29-21-17-27(18-22-29)15-7-13-25-9-3-1-4-10-25)30-23-19-28(20-24-30)16-8-14-26-11-5-2-6-12-26/h1-14,17-24H,15-16H2. The Morgan fingerprint density at radius 1 is 0.500 bits per heavy atom. The zero-order valence-electron chi connectivity index (χ0n) is 18.0. The van der Waals surface area contributed by atoms with Crippen LogP contribution in [0.2, 0.25) is 0 Å². The molecule has 0 atom stereocenters. The fraction of sp³-hybridized carbons (Fsp3) is 0.0645. The van der Waals surface area contributed by atoms with Gasteiger partial charge in [-0.05, 0) is 35.1 Å². The smallest absolute Gasteiger partial charge is 0.193 e. The predicted octanol–water partition coefficient (Wildman–Crippen LogP) is 7.43. The third-order valence-corrected chi connectivity index (χ3v) is 5.36. The summed E-state index contributed by atoms with van der Waals surface area (Å²) in [6.07, 6.45) is 10.2. The van der Waals surface area contributed by atoms with Crippen LogP contribution >= 0.6 is 0 Å². The third kappa shape index (κ3) is 6.02. The first kappa shape index (κ1) is 21.3. The number of carbonyl (C=O) groups is 1. The molecule has 1 heteroatoms. The van der Waals surface area contributed by atoms with Crippen molar-refractivity contribution < 1.29 is 4.79 Å². The van der Waals surface area contributed by atoms with Gasteiger partial charge in [0.25, 0.3) is 0 Å². The SMILES string of the molecule is O=C(c1ccc(CC=Cc2ccccc2)cc1)c1ccc(CC=Cc2ccccc2)cc1. The molecular weight excluding hydrogens is 388 g/mol.